The van der Waals surface area contributed by atoms with E-state index < -0.39 is 5.97 Å². The van der Waals surface area contributed by atoms with Crippen molar-refractivity contribution in [2.24, 2.45) is 0 Å². The molecule has 0 fully saturated rings. The molecule has 0 saturated heterocycles. The van der Waals surface area contributed by atoms with Crippen LogP contribution in [0.1, 0.15) is 12.2 Å². The number of hydrogen-bond acceptors (Lipinski definition) is 5. The number of carbonyl (C=O) groups is 1. The predicted molar refractivity (Wildman–Crippen MR) is 72.8 cm³/mol. The van der Waals surface area contributed by atoms with E-state index in [0.29, 0.717) is 16.9 Å². The van der Waals surface area contributed by atoms with Gasteiger partial charge >= 0.3 is 0 Å². The molecule has 3 rings (SSSR count). The predicted octanol–water partition coefficient (Wildman–Crippen LogP) is -0.209. The number of aryl methyl sites for hydroxylation is 1. The Balaban J connectivity index is 2.11. The number of aromatic nitrogens is 4. The average molecular weight is 283 g/mol. The molecule has 7 heteroatoms. The van der Waals surface area contributed by atoms with E-state index in [4.69, 9.17) is 0 Å². The highest BCUT2D eigenvalue weighted by molar-refractivity contribution is 5.75. The lowest BCUT2D eigenvalue weighted by atomic mass is 10.3. The molecule has 0 bridgehead atoms. The quantitative estimate of drug-likeness (QED) is 0.713. The third-order valence-corrected chi connectivity index (χ3v) is 3.05. The van der Waals surface area contributed by atoms with Gasteiger partial charge in [-0.05, 0) is 18.6 Å². The summed E-state index contributed by atoms with van der Waals surface area (Å²) in [5.74, 6) is -0.885. The molecule has 7 nitrogen and oxygen atoms in total. The number of carboxylic acid groups (broad SMARTS) is 1. The number of rotatable bonds is 4. The second kappa shape index (κ2) is 5.20. The van der Waals surface area contributed by atoms with Gasteiger partial charge in [0.05, 0.1) is 11.9 Å². The van der Waals surface area contributed by atoms with Crippen LogP contribution in [0.15, 0.2) is 41.3 Å². The first kappa shape index (κ1) is 13.0. The fourth-order valence-corrected chi connectivity index (χ4v) is 2.06. The van der Waals surface area contributed by atoms with Crippen LogP contribution in [-0.4, -0.2) is 25.7 Å². The first-order chi connectivity index (χ1) is 10.1. The number of aromatic amines is 1. The molecule has 2 aromatic heterocycles. The van der Waals surface area contributed by atoms with Gasteiger partial charge in [0.15, 0.2) is 5.65 Å². The van der Waals surface area contributed by atoms with Crippen molar-refractivity contribution in [3.8, 4) is 5.69 Å². The normalized spacial score (nSPS) is 10.9. The second-order valence-electron chi connectivity index (χ2n) is 4.51. The van der Waals surface area contributed by atoms with E-state index in [1.807, 2.05) is 30.3 Å². The van der Waals surface area contributed by atoms with Crippen LogP contribution >= 0.6 is 0 Å². The number of fused-ring (bicyclic) bond motifs is 1. The summed E-state index contributed by atoms with van der Waals surface area (Å²) in [5.41, 5.74) is 0.838. The molecule has 106 valence electrons. The third kappa shape index (κ3) is 2.53. The highest BCUT2D eigenvalue weighted by Gasteiger charge is 2.11. The monoisotopic (exact) mass is 283 g/mol. The third-order valence-electron chi connectivity index (χ3n) is 3.05. The minimum absolute atomic E-state index is 0.105. The number of nitrogens with one attached hydrogen (secondary N) is 1. The van der Waals surface area contributed by atoms with Gasteiger partial charge in [0.1, 0.15) is 11.2 Å². The van der Waals surface area contributed by atoms with Crippen LogP contribution in [0.3, 0.4) is 0 Å². The largest absolute Gasteiger partial charge is 0.550 e. The molecular formula is C14H11N4O3-. The molecule has 21 heavy (non-hydrogen) atoms. The summed E-state index contributed by atoms with van der Waals surface area (Å²) < 4.78 is 1.55. The summed E-state index contributed by atoms with van der Waals surface area (Å²) in [6.07, 6.45) is 1.35. The lowest BCUT2D eigenvalue weighted by molar-refractivity contribution is -0.305. The second-order valence-corrected chi connectivity index (χ2v) is 4.51. The number of aliphatic carboxylic acids is 1. The summed E-state index contributed by atoms with van der Waals surface area (Å²) >= 11 is 0. The smallest absolute Gasteiger partial charge is 0.262 e. The Labute approximate surface area is 118 Å². The molecule has 2 heterocycles. The summed E-state index contributed by atoms with van der Waals surface area (Å²) in [4.78, 5) is 29.3. The van der Waals surface area contributed by atoms with Gasteiger partial charge in [0.25, 0.3) is 5.56 Å². The van der Waals surface area contributed by atoms with Crippen molar-refractivity contribution < 1.29 is 9.90 Å². The van der Waals surface area contributed by atoms with Crippen molar-refractivity contribution in [3.05, 3.63) is 52.7 Å². The fourth-order valence-electron chi connectivity index (χ4n) is 2.06. The molecule has 0 radical (unpaired) electrons. The number of carboxylic acids is 1. The van der Waals surface area contributed by atoms with Gasteiger partial charge < -0.3 is 14.9 Å². The SMILES string of the molecule is O=C([O-])CCc1nc2c(cnn2-c2ccccc2)c(=O)[nH]1. The first-order valence-electron chi connectivity index (χ1n) is 6.37. The van der Waals surface area contributed by atoms with Crippen molar-refractivity contribution in [2.45, 2.75) is 12.8 Å². The lowest BCUT2D eigenvalue weighted by Gasteiger charge is -2.05. The van der Waals surface area contributed by atoms with Gasteiger partial charge in [-0.1, -0.05) is 18.2 Å². The first-order valence-corrected chi connectivity index (χ1v) is 6.37. The molecule has 0 saturated carbocycles. The number of H-pyrrole nitrogens is 1. The Morgan fingerprint density at radius 1 is 1.29 bits per heavy atom. The van der Waals surface area contributed by atoms with Gasteiger partial charge in [0.2, 0.25) is 0 Å². The Hall–Kier alpha value is -2.96. The molecule has 0 amide bonds. The molecule has 0 aliphatic heterocycles. The molecule has 0 unspecified atom stereocenters. The van der Waals surface area contributed by atoms with E-state index in [0.717, 1.165) is 5.69 Å². The highest BCUT2D eigenvalue weighted by Crippen LogP contribution is 2.13. The van der Waals surface area contributed by atoms with E-state index >= 15 is 0 Å². The molecule has 0 aliphatic carbocycles. The van der Waals surface area contributed by atoms with Crippen LogP contribution in [0.2, 0.25) is 0 Å². The summed E-state index contributed by atoms with van der Waals surface area (Å²) in [6, 6.07) is 9.27. The zero-order valence-electron chi connectivity index (χ0n) is 10.9. The van der Waals surface area contributed by atoms with Crippen LogP contribution in [-0.2, 0) is 11.2 Å². The van der Waals surface area contributed by atoms with Crippen molar-refractivity contribution >= 4 is 17.0 Å². The van der Waals surface area contributed by atoms with Gasteiger partial charge in [-0.15, -0.1) is 0 Å². The molecule has 0 spiro atoms. The summed E-state index contributed by atoms with van der Waals surface area (Å²) in [5, 5.41) is 15.0. The number of para-hydroxylation sites is 1. The van der Waals surface area contributed by atoms with Crippen LogP contribution in [0.5, 0.6) is 0 Å². The number of hydrogen-bond donors (Lipinski definition) is 1. The maximum Gasteiger partial charge on any atom is 0.262 e. The zero-order valence-corrected chi connectivity index (χ0v) is 10.9. The van der Waals surface area contributed by atoms with Crippen LogP contribution in [0, 0.1) is 0 Å². The molecule has 0 atom stereocenters. The lowest BCUT2D eigenvalue weighted by Crippen LogP contribution is -2.23. The van der Waals surface area contributed by atoms with Crippen molar-refractivity contribution in [2.75, 3.05) is 0 Å². The Bertz CT molecular complexity index is 852. The van der Waals surface area contributed by atoms with Crippen molar-refractivity contribution in [3.63, 3.8) is 0 Å². The number of carbonyl (C=O) groups excluding carboxylic acids is 1. The van der Waals surface area contributed by atoms with Crippen LogP contribution in [0.4, 0.5) is 0 Å². The maximum atomic E-state index is 12.0. The van der Waals surface area contributed by atoms with Gasteiger partial charge in [-0.25, -0.2) is 9.67 Å². The average Bonchev–Trinajstić information content (AvgIpc) is 2.90. The molecule has 3 aromatic rings. The van der Waals surface area contributed by atoms with Crippen molar-refractivity contribution in [1.29, 1.82) is 0 Å². The zero-order chi connectivity index (χ0) is 14.8. The van der Waals surface area contributed by atoms with Crippen LogP contribution in [0.25, 0.3) is 16.7 Å². The highest BCUT2D eigenvalue weighted by atomic mass is 16.4. The van der Waals surface area contributed by atoms with E-state index in [1.54, 1.807) is 4.68 Å². The molecular weight excluding hydrogens is 272 g/mol. The van der Waals surface area contributed by atoms with E-state index in [2.05, 4.69) is 15.1 Å². The summed E-state index contributed by atoms with van der Waals surface area (Å²) in [6.45, 7) is 0. The molecule has 1 N–H and O–H groups in total. The fraction of sp³-hybridized carbons (Fsp3) is 0.143. The summed E-state index contributed by atoms with van der Waals surface area (Å²) in [7, 11) is 0. The molecule has 0 aliphatic rings. The van der Waals surface area contributed by atoms with Gasteiger partial charge in [0, 0.05) is 12.4 Å². The van der Waals surface area contributed by atoms with Gasteiger partial charge in [-0.3, -0.25) is 4.79 Å². The molecule has 1 aromatic carbocycles. The van der Waals surface area contributed by atoms with E-state index in [1.165, 1.54) is 6.20 Å². The topological polar surface area (TPSA) is 104 Å². The Morgan fingerprint density at radius 3 is 2.76 bits per heavy atom. The Kier molecular flexibility index (Phi) is 3.23. The van der Waals surface area contributed by atoms with Crippen molar-refractivity contribution in [1.82, 2.24) is 19.7 Å². The van der Waals surface area contributed by atoms with Gasteiger partial charge in [-0.2, -0.15) is 5.10 Å². The van der Waals surface area contributed by atoms with Crippen LogP contribution < -0.4 is 10.7 Å². The standard InChI is InChI=1S/C14H12N4O3/c19-12(20)7-6-11-16-13-10(14(21)17-11)8-15-18(13)9-4-2-1-3-5-9/h1-5,8H,6-7H2,(H,19,20)(H,16,17,21)/p-1. The maximum absolute atomic E-state index is 12.0. The minimum Gasteiger partial charge on any atom is -0.550 e. The number of nitrogens with zero attached hydrogens (tertiary/aromatic N) is 3. The van der Waals surface area contributed by atoms with E-state index in [-0.39, 0.29) is 18.4 Å². The van der Waals surface area contributed by atoms with E-state index in [9.17, 15) is 14.7 Å². The Morgan fingerprint density at radius 2 is 2.05 bits per heavy atom. The number of benzene rings is 1. The minimum atomic E-state index is -1.19.